The Morgan fingerprint density at radius 3 is 2.46 bits per heavy atom. The van der Waals surface area contributed by atoms with Crippen LogP contribution in [-0.4, -0.2) is 42.1 Å². The lowest BCUT2D eigenvalue weighted by atomic mass is 10.1. The maximum absolute atomic E-state index is 12.8. The van der Waals surface area contributed by atoms with Crippen molar-refractivity contribution in [3.63, 3.8) is 0 Å². The van der Waals surface area contributed by atoms with Gasteiger partial charge in [-0.1, -0.05) is 71.9 Å². The lowest BCUT2D eigenvalue weighted by Crippen LogP contribution is -2.38. The third-order valence-electron chi connectivity index (χ3n) is 5.59. The van der Waals surface area contributed by atoms with Gasteiger partial charge in [-0.05, 0) is 41.5 Å². The molecular weight excluding hydrogens is 510 g/mol. The first-order chi connectivity index (χ1) is 18.0. The number of hydrogen-bond donors (Lipinski definition) is 1. The average molecular weight is 532 g/mol. The van der Waals surface area contributed by atoms with Crippen LogP contribution < -0.4 is 14.2 Å². The Labute approximate surface area is 223 Å². The molecule has 1 amide bonds. The van der Waals surface area contributed by atoms with Crippen molar-refractivity contribution < 1.29 is 19.0 Å². The van der Waals surface area contributed by atoms with Gasteiger partial charge in [-0.25, -0.2) is 0 Å². The maximum atomic E-state index is 12.8. The molecule has 1 N–H and O–H groups in total. The molecule has 0 saturated heterocycles. The summed E-state index contributed by atoms with van der Waals surface area (Å²) in [5.74, 6) is 1.08. The SMILES string of the molecule is COc1cc(/C=C2\C(=N)N3C(c4ccccc4)=CSC3=NC2=O)cc(Cl)c1OCCOc1ccccc1. The van der Waals surface area contributed by atoms with Crippen molar-refractivity contribution in [3.05, 3.63) is 99.9 Å². The second kappa shape index (κ2) is 10.9. The Morgan fingerprint density at radius 2 is 1.73 bits per heavy atom. The number of amides is 1. The van der Waals surface area contributed by atoms with E-state index in [0.29, 0.717) is 33.9 Å². The van der Waals surface area contributed by atoms with E-state index in [2.05, 4.69) is 4.99 Å². The van der Waals surface area contributed by atoms with Crippen LogP contribution in [0.2, 0.25) is 5.02 Å². The number of nitrogens with zero attached hydrogens (tertiary/aromatic N) is 2. The summed E-state index contributed by atoms with van der Waals surface area (Å²) in [6.07, 6.45) is 1.59. The van der Waals surface area contributed by atoms with Gasteiger partial charge in [0, 0.05) is 5.41 Å². The minimum absolute atomic E-state index is 0.0450. The Kier molecular flexibility index (Phi) is 7.30. The number of carbonyl (C=O) groups is 1. The smallest absolute Gasteiger partial charge is 0.283 e. The van der Waals surface area contributed by atoms with Crippen molar-refractivity contribution in [2.24, 2.45) is 4.99 Å². The van der Waals surface area contributed by atoms with Crippen LogP contribution in [0.1, 0.15) is 11.1 Å². The highest BCUT2D eigenvalue weighted by Crippen LogP contribution is 2.39. The minimum atomic E-state index is -0.486. The molecule has 9 heteroatoms. The molecule has 0 fully saturated rings. The van der Waals surface area contributed by atoms with Crippen LogP contribution in [0.4, 0.5) is 0 Å². The first kappa shape index (κ1) is 24.7. The molecule has 0 saturated carbocycles. The Bertz CT molecular complexity index is 1440. The van der Waals surface area contributed by atoms with Gasteiger partial charge in [-0.3, -0.25) is 15.1 Å². The van der Waals surface area contributed by atoms with Crippen molar-refractivity contribution in [2.45, 2.75) is 0 Å². The summed E-state index contributed by atoms with van der Waals surface area (Å²) in [4.78, 5) is 18.7. The van der Waals surface area contributed by atoms with E-state index in [-0.39, 0.29) is 18.0 Å². The number of carbonyl (C=O) groups excluding carboxylic acids is 1. The number of thioether (sulfide) groups is 1. The second-order valence-electron chi connectivity index (χ2n) is 7.97. The summed E-state index contributed by atoms with van der Waals surface area (Å²) in [5, 5.41) is 11.5. The lowest BCUT2D eigenvalue weighted by molar-refractivity contribution is -0.114. The molecule has 0 atom stereocenters. The number of rotatable bonds is 8. The number of ether oxygens (including phenoxy) is 3. The summed E-state index contributed by atoms with van der Waals surface area (Å²) >= 11 is 7.85. The molecule has 37 heavy (non-hydrogen) atoms. The standard InChI is InChI=1S/C28H22ClN3O4S/c1-34-24-16-18(15-22(29)25(24)36-13-12-35-20-10-6-3-7-11-20)14-21-26(30)32-23(19-8-4-2-5-9-19)17-37-28(32)31-27(21)33/h2-11,14-17,30H,12-13H2,1H3/b21-14+,30-26?. The van der Waals surface area contributed by atoms with Gasteiger partial charge in [0.1, 0.15) is 24.8 Å². The zero-order valence-electron chi connectivity index (χ0n) is 19.8. The van der Waals surface area contributed by atoms with Crippen LogP contribution in [0.3, 0.4) is 0 Å². The number of para-hydroxylation sites is 1. The van der Waals surface area contributed by atoms with Crippen LogP contribution >= 0.6 is 23.4 Å². The fourth-order valence-corrected chi connectivity index (χ4v) is 5.03. The van der Waals surface area contributed by atoms with E-state index < -0.39 is 5.91 Å². The van der Waals surface area contributed by atoms with E-state index in [1.54, 1.807) is 23.1 Å². The number of fused-ring (bicyclic) bond motifs is 1. The zero-order chi connectivity index (χ0) is 25.8. The van der Waals surface area contributed by atoms with Crippen molar-refractivity contribution in [2.75, 3.05) is 20.3 Å². The molecule has 2 aliphatic rings. The predicted octanol–water partition coefficient (Wildman–Crippen LogP) is 6.11. The maximum Gasteiger partial charge on any atom is 0.283 e. The van der Waals surface area contributed by atoms with E-state index in [1.807, 2.05) is 66.1 Å². The monoisotopic (exact) mass is 531 g/mol. The van der Waals surface area contributed by atoms with Crippen LogP contribution in [0, 0.1) is 5.41 Å². The van der Waals surface area contributed by atoms with Crippen LogP contribution in [0.25, 0.3) is 11.8 Å². The number of nitrogens with one attached hydrogen (secondary N) is 1. The molecule has 7 nitrogen and oxygen atoms in total. The first-order valence-corrected chi connectivity index (χ1v) is 12.6. The van der Waals surface area contributed by atoms with Gasteiger partial charge < -0.3 is 14.2 Å². The number of benzene rings is 3. The van der Waals surface area contributed by atoms with E-state index in [1.165, 1.54) is 18.9 Å². The van der Waals surface area contributed by atoms with Crippen molar-refractivity contribution in [3.8, 4) is 17.2 Å². The number of aliphatic imine (C=N–C) groups is 1. The summed E-state index contributed by atoms with van der Waals surface area (Å²) < 4.78 is 17.0. The lowest BCUT2D eigenvalue weighted by Gasteiger charge is -2.27. The summed E-state index contributed by atoms with van der Waals surface area (Å²) in [5.41, 5.74) is 2.46. The molecule has 3 aromatic carbocycles. The fraction of sp³-hybridized carbons (Fsp3) is 0.107. The largest absolute Gasteiger partial charge is 0.493 e. The predicted molar refractivity (Wildman–Crippen MR) is 147 cm³/mol. The minimum Gasteiger partial charge on any atom is -0.493 e. The van der Waals surface area contributed by atoms with Gasteiger partial charge in [0.2, 0.25) is 0 Å². The topological polar surface area (TPSA) is 84.2 Å². The number of halogens is 1. The Morgan fingerprint density at radius 1 is 1.03 bits per heavy atom. The second-order valence-corrected chi connectivity index (χ2v) is 9.22. The van der Waals surface area contributed by atoms with E-state index in [4.69, 9.17) is 31.2 Å². The third-order valence-corrected chi connectivity index (χ3v) is 6.70. The van der Waals surface area contributed by atoms with E-state index in [9.17, 15) is 4.79 Å². The summed E-state index contributed by atoms with van der Waals surface area (Å²) in [7, 11) is 1.51. The highest BCUT2D eigenvalue weighted by atomic mass is 35.5. The zero-order valence-corrected chi connectivity index (χ0v) is 21.4. The van der Waals surface area contributed by atoms with Gasteiger partial charge in [-0.2, -0.15) is 4.99 Å². The molecule has 2 aliphatic heterocycles. The molecular formula is C28H22ClN3O4S. The van der Waals surface area contributed by atoms with Crippen molar-refractivity contribution in [1.82, 2.24) is 4.90 Å². The first-order valence-electron chi connectivity index (χ1n) is 11.4. The normalized spacial score (nSPS) is 15.8. The van der Waals surface area contributed by atoms with Gasteiger partial charge in [0.05, 0.1) is 23.4 Å². The number of amidine groups is 2. The van der Waals surface area contributed by atoms with Crippen LogP contribution in [0.15, 0.2) is 88.8 Å². The van der Waals surface area contributed by atoms with Crippen molar-refractivity contribution >= 4 is 52.0 Å². The molecule has 0 unspecified atom stereocenters. The Hall–Kier alpha value is -4.01. The average Bonchev–Trinajstić information content (AvgIpc) is 3.34. The molecule has 0 aromatic heterocycles. The molecule has 186 valence electrons. The van der Waals surface area contributed by atoms with E-state index in [0.717, 1.165) is 17.0 Å². The summed E-state index contributed by atoms with van der Waals surface area (Å²) in [6.45, 7) is 0.583. The molecule has 0 bridgehead atoms. The Balaban J connectivity index is 1.35. The van der Waals surface area contributed by atoms with Gasteiger partial charge in [0.25, 0.3) is 5.91 Å². The molecule has 0 spiro atoms. The van der Waals surface area contributed by atoms with Crippen molar-refractivity contribution in [1.29, 1.82) is 5.41 Å². The van der Waals surface area contributed by atoms with Gasteiger partial charge in [0.15, 0.2) is 16.7 Å². The number of hydrogen-bond acceptors (Lipinski definition) is 6. The molecule has 2 heterocycles. The molecule has 0 aliphatic carbocycles. The molecule has 5 rings (SSSR count). The van der Waals surface area contributed by atoms with E-state index >= 15 is 0 Å². The fourth-order valence-electron chi connectivity index (χ4n) is 3.86. The van der Waals surface area contributed by atoms with Crippen LogP contribution in [0.5, 0.6) is 17.2 Å². The van der Waals surface area contributed by atoms with Gasteiger partial charge in [-0.15, -0.1) is 0 Å². The van der Waals surface area contributed by atoms with Crippen LogP contribution in [-0.2, 0) is 4.79 Å². The highest BCUT2D eigenvalue weighted by Gasteiger charge is 2.36. The quantitative estimate of drug-likeness (QED) is 0.279. The number of methoxy groups -OCH3 is 1. The molecule has 3 aromatic rings. The highest BCUT2D eigenvalue weighted by molar-refractivity contribution is 8.17. The van der Waals surface area contributed by atoms with Gasteiger partial charge >= 0.3 is 0 Å². The third kappa shape index (κ3) is 5.26. The molecule has 0 radical (unpaired) electrons. The summed E-state index contributed by atoms with van der Waals surface area (Å²) in [6, 6.07) is 22.5.